The van der Waals surface area contributed by atoms with Crippen LogP contribution in [0.2, 0.25) is 0 Å². The monoisotopic (exact) mass is 544 g/mol. The number of rotatable bonds is 8. The quantitative estimate of drug-likeness (QED) is 0.216. The molecule has 1 heterocycles. The molecule has 41 heavy (non-hydrogen) atoms. The van der Waals surface area contributed by atoms with Crippen LogP contribution in [0, 0.1) is 5.92 Å². The van der Waals surface area contributed by atoms with Crippen molar-refractivity contribution < 1.29 is 0 Å². The summed E-state index contributed by atoms with van der Waals surface area (Å²) in [6.45, 7) is 14.1. The van der Waals surface area contributed by atoms with Gasteiger partial charge in [-0.2, -0.15) is 0 Å². The molecule has 6 rings (SSSR count). The third kappa shape index (κ3) is 5.20. The minimum absolute atomic E-state index is 0.210. The summed E-state index contributed by atoms with van der Waals surface area (Å²) in [6.07, 6.45) is 13.4. The molecule has 0 N–H and O–H groups in total. The second kappa shape index (κ2) is 11.3. The molecule has 1 unspecified atom stereocenters. The van der Waals surface area contributed by atoms with Crippen molar-refractivity contribution in [2.75, 3.05) is 0 Å². The molecule has 4 aromatic rings. The van der Waals surface area contributed by atoms with Crippen molar-refractivity contribution in [2.24, 2.45) is 5.92 Å². The van der Waals surface area contributed by atoms with Gasteiger partial charge in [-0.1, -0.05) is 110 Å². The molecule has 2 fully saturated rings. The zero-order chi connectivity index (χ0) is 28.7. The predicted octanol–water partition coefficient (Wildman–Crippen LogP) is 11.2. The van der Waals surface area contributed by atoms with Crippen molar-refractivity contribution in [3.63, 3.8) is 0 Å². The standard InChI is InChI=1S/C39H48N2/c1-7-31-25-39(31,6)36-20-19-30(37-33(26(2)3)17-12-18-34(37)27(4)5)24-35(36)38-40-21-22-41(38)32-16-11-15-29(23-32)28-13-9-8-10-14-28/h11-12,15-24,26-28,31H,7-10,13-14,25H2,1-6H3/t31-,39?/m0/s1. The van der Waals surface area contributed by atoms with Crippen molar-refractivity contribution in [2.45, 2.75) is 110 Å². The third-order valence-corrected chi connectivity index (χ3v) is 10.3. The Balaban J connectivity index is 1.52. The van der Waals surface area contributed by atoms with Crippen LogP contribution in [0.5, 0.6) is 0 Å². The molecule has 0 bridgehead atoms. The molecule has 2 heteroatoms. The van der Waals surface area contributed by atoms with E-state index in [1.54, 1.807) is 0 Å². The molecule has 2 saturated carbocycles. The fourth-order valence-electron chi connectivity index (χ4n) is 7.72. The normalized spacial score (nSPS) is 21.1. The van der Waals surface area contributed by atoms with Crippen LogP contribution in [0.4, 0.5) is 0 Å². The van der Waals surface area contributed by atoms with E-state index in [1.165, 1.54) is 89.6 Å². The fourth-order valence-corrected chi connectivity index (χ4v) is 7.72. The fraction of sp³-hybridized carbons (Fsp3) is 0.462. The van der Waals surface area contributed by atoms with Gasteiger partial charge in [0, 0.05) is 23.6 Å². The zero-order valence-electron chi connectivity index (χ0n) is 26.1. The van der Waals surface area contributed by atoms with Gasteiger partial charge in [0.15, 0.2) is 0 Å². The van der Waals surface area contributed by atoms with Crippen LogP contribution in [0.25, 0.3) is 28.2 Å². The molecule has 2 aliphatic rings. The first-order valence-corrected chi connectivity index (χ1v) is 16.2. The lowest BCUT2D eigenvalue weighted by molar-refractivity contribution is 0.443. The molecule has 2 aliphatic carbocycles. The Morgan fingerprint density at radius 1 is 0.878 bits per heavy atom. The van der Waals surface area contributed by atoms with Crippen LogP contribution in [0.1, 0.15) is 126 Å². The molecule has 214 valence electrons. The molecule has 0 radical (unpaired) electrons. The van der Waals surface area contributed by atoms with Crippen LogP contribution in [0.3, 0.4) is 0 Å². The first-order chi connectivity index (χ1) is 19.8. The number of aromatic nitrogens is 2. The van der Waals surface area contributed by atoms with Crippen molar-refractivity contribution in [3.05, 3.63) is 95.3 Å². The van der Waals surface area contributed by atoms with Crippen molar-refractivity contribution in [3.8, 4) is 28.2 Å². The van der Waals surface area contributed by atoms with Gasteiger partial charge in [0.05, 0.1) is 0 Å². The van der Waals surface area contributed by atoms with Gasteiger partial charge in [-0.25, -0.2) is 4.98 Å². The second-order valence-electron chi connectivity index (χ2n) is 13.7. The Labute approximate surface area is 248 Å². The minimum atomic E-state index is 0.210. The molecule has 1 aromatic heterocycles. The summed E-state index contributed by atoms with van der Waals surface area (Å²) >= 11 is 0. The molecule has 0 saturated heterocycles. The predicted molar refractivity (Wildman–Crippen MR) is 174 cm³/mol. The van der Waals surface area contributed by atoms with E-state index < -0.39 is 0 Å². The number of nitrogens with zero attached hydrogens (tertiary/aromatic N) is 2. The maximum Gasteiger partial charge on any atom is 0.144 e. The molecule has 0 spiro atoms. The Bertz CT molecular complexity index is 1490. The lowest BCUT2D eigenvalue weighted by Crippen LogP contribution is -2.10. The van der Waals surface area contributed by atoms with Crippen LogP contribution >= 0.6 is 0 Å². The summed E-state index contributed by atoms with van der Waals surface area (Å²) < 4.78 is 2.35. The number of hydrogen-bond donors (Lipinski definition) is 0. The maximum absolute atomic E-state index is 5.07. The molecule has 0 aliphatic heterocycles. The van der Waals surface area contributed by atoms with E-state index in [-0.39, 0.29) is 5.41 Å². The van der Waals surface area contributed by atoms with Gasteiger partial charge < -0.3 is 0 Å². The Kier molecular flexibility index (Phi) is 7.70. The van der Waals surface area contributed by atoms with Gasteiger partial charge in [-0.15, -0.1) is 0 Å². The Morgan fingerprint density at radius 2 is 1.59 bits per heavy atom. The SMILES string of the molecule is CC[C@H]1CC1(C)c1ccc(-c2c(C(C)C)cccc2C(C)C)cc1-c1nccn1-c1cccc(C2CCCCC2)c1. The van der Waals surface area contributed by atoms with Gasteiger partial charge >= 0.3 is 0 Å². The largest absolute Gasteiger partial charge is 0.300 e. The van der Waals surface area contributed by atoms with E-state index in [9.17, 15) is 0 Å². The zero-order valence-corrected chi connectivity index (χ0v) is 26.1. The highest BCUT2D eigenvalue weighted by atomic mass is 15.1. The van der Waals surface area contributed by atoms with Crippen LogP contribution < -0.4 is 0 Å². The summed E-state index contributed by atoms with van der Waals surface area (Å²) in [7, 11) is 0. The van der Waals surface area contributed by atoms with E-state index in [0.29, 0.717) is 17.8 Å². The summed E-state index contributed by atoms with van der Waals surface area (Å²) in [4.78, 5) is 5.07. The average molecular weight is 545 g/mol. The topological polar surface area (TPSA) is 17.8 Å². The van der Waals surface area contributed by atoms with Crippen molar-refractivity contribution >= 4 is 0 Å². The highest BCUT2D eigenvalue weighted by molar-refractivity contribution is 5.79. The van der Waals surface area contributed by atoms with Crippen LogP contribution in [-0.4, -0.2) is 9.55 Å². The van der Waals surface area contributed by atoms with Crippen molar-refractivity contribution in [1.82, 2.24) is 9.55 Å². The first kappa shape index (κ1) is 28.0. The summed E-state index contributed by atoms with van der Waals surface area (Å²) in [5.41, 5.74) is 11.3. The molecular weight excluding hydrogens is 496 g/mol. The molecule has 2 atom stereocenters. The summed E-state index contributed by atoms with van der Waals surface area (Å²) in [5.74, 6) is 3.41. The van der Waals surface area contributed by atoms with Gasteiger partial charge in [-0.05, 0) is 99.9 Å². The molecule has 0 amide bonds. The van der Waals surface area contributed by atoms with Crippen molar-refractivity contribution in [1.29, 1.82) is 0 Å². The average Bonchev–Trinajstić information content (AvgIpc) is 3.43. The highest BCUT2D eigenvalue weighted by Gasteiger charge is 2.51. The Morgan fingerprint density at radius 3 is 2.24 bits per heavy atom. The molecular formula is C39H48N2. The third-order valence-electron chi connectivity index (χ3n) is 10.3. The van der Waals surface area contributed by atoms with Crippen LogP contribution in [-0.2, 0) is 5.41 Å². The second-order valence-corrected chi connectivity index (χ2v) is 13.7. The van der Waals surface area contributed by atoms with E-state index >= 15 is 0 Å². The van der Waals surface area contributed by atoms with Crippen LogP contribution in [0.15, 0.2) is 73.1 Å². The molecule has 2 nitrogen and oxygen atoms in total. The van der Waals surface area contributed by atoms with Gasteiger partial charge in [0.1, 0.15) is 5.82 Å². The smallest absolute Gasteiger partial charge is 0.144 e. The first-order valence-electron chi connectivity index (χ1n) is 16.2. The number of hydrogen-bond acceptors (Lipinski definition) is 1. The Hall–Kier alpha value is -3.13. The minimum Gasteiger partial charge on any atom is -0.300 e. The highest BCUT2D eigenvalue weighted by Crippen LogP contribution is 2.58. The van der Waals surface area contributed by atoms with E-state index in [4.69, 9.17) is 4.98 Å². The van der Waals surface area contributed by atoms with Gasteiger partial charge in [-0.3, -0.25) is 4.57 Å². The maximum atomic E-state index is 5.07. The summed E-state index contributed by atoms with van der Waals surface area (Å²) in [6, 6.07) is 23.5. The van der Waals surface area contributed by atoms with E-state index in [0.717, 1.165) is 11.7 Å². The van der Waals surface area contributed by atoms with E-state index in [1.807, 2.05) is 6.20 Å². The number of benzene rings is 3. The lowest BCUT2D eigenvalue weighted by atomic mass is 9.82. The molecule has 3 aromatic carbocycles. The summed E-state index contributed by atoms with van der Waals surface area (Å²) in [5, 5.41) is 0. The van der Waals surface area contributed by atoms with Gasteiger partial charge in [0.2, 0.25) is 0 Å². The van der Waals surface area contributed by atoms with E-state index in [2.05, 4.69) is 113 Å². The van der Waals surface area contributed by atoms with Gasteiger partial charge in [0.25, 0.3) is 0 Å². The lowest BCUT2D eigenvalue weighted by Gasteiger charge is -2.24. The number of imidazole rings is 1.